The molecule has 140 valence electrons. The zero-order valence-electron chi connectivity index (χ0n) is 14.3. The molecule has 0 aromatic carbocycles. The highest BCUT2D eigenvalue weighted by atomic mass is 32.2. The van der Waals surface area contributed by atoms with E-state index < -0.39 is 30.7 Å². The molecule has 2 aliphatic carbocycles. The first-order valence-electron chi connectivity index (χ1n) is 8.55. The van der Waals surface area contributed by atoms with E-state index in [1.807, 2.05) is 0 Å². The minimum atomic E-state index is -3.73. The SMILES string of the molecule is CCC.O=S(=O)(O)C1CCCCC1.O=S(=O)(O)C1CCCCC1. The van der Waals surface area contributed by atoms with E-state index in [-0.39, 0.29) is 0 Å². The summed E-state index contributed by atoms with van der Waals surface area (Å²) in [5.41, 5.74) is 0. The molecule has 0 unspecified atom stereocenters. The van der Waals surface area contributed by atoms with Crippen LogP contribution in [0.4, 0.5) is 0 Å². The molecule has 0 aliphatic heterocycles. The summed E-state index contributed by atoms with van der Waals surface area (Å²) in [5.74, 6) is 0. The Morgan fingerprint density at radius 1 is 0.652 bits per heavy atom. The van der Waals surface area contributed by atoms with Crippen molar-refractivity contribution in [2.75, 3.05) is 0 Å². The second kappa shape index (κ2) is 11.4. The first kappa shape index (κ1) is 22.8. The highest BCUT2D eigenvalue weighted by Gasteiger charge is 2.25. The average molecular weight is 373 g/mol. The van der Waals surface area contributed by atoms with Crippen LogP contribution in [0, 0.1) is 0 Å². The van der Waals surface area contributed by atoms with Crippen LogP contribution in [0.3, 0.4) is 0 Å². The van der Waals surface area contributed by atoms with Crippen LogP contribution < -0.4 is 0 Å². The lowest BCUT2D eigenvalue weighted by Crippen LogP contribution is -2.22. The third kappa shape index (κ3) is 11.1. The molecule has 6 nitrogen and oxygen atoms in total. The van der Waals surface area contributed by atoms with E-state index in [1.54, 1.807) is 0 Å². The van der Waals surface area contributed by atoms with Crippen LogP contribution in [-0.2, 0) is 20.2 Å². The predicted molar refractivity (Wildman–Crippen MR) is 92.8 cm³/mol. The van der Waals surface area contributed by atoms with Gasteiger partial charge in [-0.05, 0) is 25.7 Å². The molecule has 0 amide bonds. The van der Waals surface area contributed by atoms with Gasteiger partial charge in [0.1, 0.15) is 0 Å². The minimum Gasteiger partial charge on any atom is -0.285 e. The van der Waals surface area contributed by atoms with E-state index in [2.05, 4.69) is 13.8 Å². The van der Waals surface area contributed by atoms with Gasteiger partial charge < -0.3 is 0 Å². The highest BCUT2D eigenvalue weighted by Crippen LogP contribution is 2.23. The summed E-state index contributed by atoms with van der Waals surface area (Å²) in [6.07, 6.45) is 9.75. The van der Waals surface area contributed by atoms with Crippen LogP contribution in [0.5, 0.6) is 0 Å². The van der Waals surface area contributed by atoms with E-state index in [4.69, 9.17) is 9.11 Å². The standard InChI is InChI=1S/2C6H12O3S.C3H8/c2*7-10(8,9)6-4-2-1-3-5-6;1-3-2/h2*6H,1-5H2,(H,7,8,9);3H2,1-2H3. The fourth-order valence-electron chi connectivity index (χ4n) is 2.73. The quantitative estimate of drug-likeness (QED) is 0.713. The van der Waals surface area contributed by atoms with Gasteiger partial charge in [0.05, 0.1) is 10.5 Å². The molecule has 0 radical (unpaired) electrons. The lowest BCUT2D eigenvalue weighted by molar-refractivity contribution is 0.424. The molecule has 2 aliphatic rings. The van der Waals surface area contributed by atoms with Crippen molar-refractivity contribution in [2.45, 2.75) is 95.0 Å². The van der Waals surface area contributed by atoms with E-state index >= 15 is 0 Å². The summed E-state index contributed by atoms with van der Waals surface area (Å²) in [4.78, 5) is 0. The van der Waals surface area contributed by atoms with E-state index in [9.17, 15) is 16.8 Å². The fourth-order valence-corrected chi connectivity index (χ4v) is 4.58. The molecule has 0 atom stereocenters. The van der Waals surface area contributed by atoms with Crippen molar-refractivity contribution in [1.29, 1.82) is 0 Å². The number of hydrogen-bond donors (Lipinski definition) is 2. The molecule has 0 spiro atoms. The average Bonchev–Trinajstić information content (AvgIpc) is 2.49. The number of hydrogen-bond acceptors (Lipinski definition) is 4. The zero-order chi connectivity index (χ0) is 17.9. The summed E-state index contributed by atoms with van der Waals surface area (Å²) in [5, 5.41) is -0.942. The second-order valence-corrected chi connectivity index (χ2v) is 9.65. The molecular weight excluding hydrogens is 340 g/mol. The van der Waals surface area contributed by atoms with Gasteiger partial charge in [0, 0.05) is 0 Å². The van der Waals surface area contributed by atoms with Crippen LogP contribution in [0.25, 0.3) is 0 Å². The molecule has 8 heteroatoms. The van der Waals surface area contributed by atoms with Gasteiger partial charge in [0.15, 0.2) is 0 Å². The van der Waals surface area contributed by atoms with Crippen LogP contribution >= 0.6 is 0 Å². The van der Waals surface area contributed by atoms with Gasteiger partial charge in [0.2, 0.25) is 0 Å². The first-order valence-corrected chi connectivity index (χ1v) is 11.6. The van der Waals surface area contributed by atoms with Crippen molar-refractivity contribution in [1.82, 2.24) is 0 Å². The summed E-state index contributed by atoms with van der Waals surface area (Å²) < 4.78 is 59.4. The van der Waals surface area contributed by atoms with Gasteiger partial charge in [-0.3, -0.25) is 9.11 Å². The first-order chi connectivity index (χ1) is 10.6. The Morgan fingerprint density at radius 2 is 0.870 bits per heavy atom. The smallest absolute Gasteiger partial charge is 0.267 e. The van der Waals surface area contributed by atoms with Gasteiger partial charge >= 0.3 is 0 Å². The summed E-state index contributed by atoms with van der Waals surface area (Å²) >= 11 is 0. The fraction of sp³-hybridized carbons (Fsp3) is 1.00. The zero-order valence-corrected chi connectivity index (χ0v) is 15.9. The minimum absolute atomic E-state index is 0.471. The van der Waals surface area contributed by atoms with Gasteiger partial charge in [-0.15, -0.1) is 0 Å². The maximum Gasteiger partial charge on any atom is 0.267 e. The van der Waals surface area contributed by atoms with Crippen LogP contribution in [0.1, 0.15) is 84.5 Å². The molecule has 0 saturated heterocycles. The van der Waals surface area contributed by atoms with Crippen LogP contribution in [-0.4, -0.2) is 36.4 Å². The van der Waals surface area contributed by atoms with E-state index in [0.29, 0.717) is 25.7 Å². The van der Waals surface area contributed by atoms with Gasteiger partial charge in [-0.2, -0.15) is 16.8 Å². The molecule has 23 heavy (non-hydrogen) atoms. The molecule has 2 fully saturated rings. The Kier molecular flexibility index (Phi) is 11.3. The summed E-state index contributed by atoms with van der Waals surface area (Å²) in [6.45, 7) is 4.25. The van der Waals surface area contributed by atoms with E-state index in [0.717, 1.165) is 38.5 Å². The summed E-state index contributed by atoms with van der Waals surface area (Å²) in [6, 6.07) is 0. The van der Waals surface area contributed by atoms with E-state index in [1.165, 1.54) is 6.42 Å². The van der Waals surface area contributed by atoms with Gasteiger partial charge in [-0.25, -0.2) is 0 Å². The third-order valence-electron chi connectivity index (χ3n) is 3.95. The molecule has 0 aromatic rings. The monoisotopic (exact) mass is 372 g/mol. The van der Waals surface area contributed by atoms with Crippen molar-refractivity contribution in [3.05, 3.63) is 0 Å². The predicted octanol–water partition coefficient (Wildman–Crippen LogP) is 3.83. The maximum atomic E-state index is 10.5. The normalized spacial score (nSPS) is 20.7. The molecule has 0 heterocycles. The Bertz CT molecular complexity index is 440. The lowest BCUT2D eigenvalue weighted by atomic mass is 10.0. The lowest BCUT2D eigenvalue weighted by Gasteiger charge is -2.17. The van der Waals surface area contributed by atoms with Gasteiger partial charge in [-0.1, -0.05) is 58.8 Å². The third-order valence-corrected chi connectivity index (χ3v) is 6.57. The molecule has 2 saturated carbocycles. The molecule has 2 rings (SSSR count). The molecule has 0 aromatic heterocycles. The van der Waals surface area contributed by atoms with Gasteiger partial charge in [0.25, 0.3) is 20.2 Å². The maximum absolute atomic E-state index is 10.5. The Hall–Kier alpha value is -0.180. The molecule has 0 bridgehead atoms. The second-order valence-electron chi connectivity index (χ2n) is 6.26. The van der Waals surface area contributed by atoms with Crippen molar-refractivity contribution < 1.29 is 25.9 Å². The highest BCUT2D eigenvalue weighted by molar-refractivity contribution is 7.86. The van der Waals surface area contributed by atoms with Crippen molar-refractivity contribution in [3.8, 4) is 0 Å². The topological polar surface area (TPSA) is 109 Å². The number of rotatable bonds is 2. The Morgan fingerprint density at radius 3 is 1.00 bits per heavy atom. The summed E-state index contributed by atoms with van der Waals surface area (Å²) in [7, 11) is -7.45. The molecule has 2 N–H and O–H groups in total. The Labute approximate surface area is 141 Å². The van der Waals surface area contributed by atoms with Crippen molar-refractivity contribution in [3.63, 3.8) is 0 Å². The van der Waals surface area contributed by atoms with Crippen molar-refractivity contribution in [2.24, 2.45) is 0 Å². The van der Waals surface area contributed by atoms with Crippen molar-refractivity contribution >= 4 is 20.2 Å². The van der Waals surface area contributed by atoms with Crippen LogP contribution in [0.2, 0.25) is 0 Å². The largest absolute Gasteiger partial charge is 0.285 e. The van der Waals surface area contributed by atoms with Crippen LogP contribution in [0.15, 0.2) is 0 Å². The molecular formula is C15H32O6S2. The Balaban J connectivity index is 0.000000360.